The lowest BCUT2D eigenvalue weighted by Gasteiger charge is -2.17. The van der Waals surface area contributed by atoms with Crippen LogP contribution in [0.4, 0.5) is 5.69 Å². The summed E-state index contributed by atoms with van der Waals surface area (Å²) >= 11 is 5.80. The van der Waals surface area contributed by atoms with Crippen molar-refractivity contribution >= 4 is 29.1 Å². The molecule has 136 valence electrons. The fraction of sp³-hybridized carbons (Fsp3) is 0.263. The topological polar surface area (TPSA) is 76.7 Å². The minimum Gasteiger partial charge on any atom is -0.492 e. The van der Waals surface area contributed by atoms with E-state index in [9.17, 15) is 9.59 Å². The number of hydrogen-bond acceptors (Lipinski definition) is 4. The molecule has 0 aromatic heterocycles. The van der Waals surface area contributed by atoms with E-state index in [0.29, 0.717) is 42.5 Å². The molecule has 1 aliphatic rings. The lowest BCUT2D eigenvalue weighted by molar-refractivity contribution is -0.123. The number of halogens is 1. The van der Waals surface area contributed by atoms with Gasteiger partial charge in [-0.25, -0.2) is 0 Å². The number of nitrogens with one attached hydrogen (secondary N) is 2. The molecule has 6 nitrogen and oxygen atoms in total. The Balaban J connectivity index is 1.37. The Bertz CT molecular complexity index is 793. The van der Waals surface area contributed by atoms with Gasteiger partial charge in [0, 0.05) is 17.1 Å². The number of benzene rings is 2. The first-order valence-electron chi connectivity index (χ1n) is 8.31. The molecule has 0 saturated heterocycles. The molecule has 0 spiro atoms. The molecule has 2 N–H and O–H groups in total. The van der Waals surface area contributed by atoms with Gasteiger partial charge in [-0.3, -0.25) is 9.59 Å². The summed E-state index contributed by atoms with van der Waals surface area (Å²) in [6.07, 6.45) is 1.14. The van der Waals surface area contributed by atoms with Crippen molar-refractivity contribution in [2.24, 2.45) is 0 Å². The number of carbonyl (C=O) groups excluding carboxylic acids is 2. The van der Waals surface area contributed by atoms with Crippen molar-refractivity contribution in [3.05, 3.63) is 53.1 Å². The maximum Gasteiger partial charge on any atom is 0.258 e. The number of anilines is 1. The van der Waals surface area contributed by atoms with Crippen molar-refractivity contribution in [3.63, 3.8) is 0 Å². The van der Waals surface area contributed by atoms with E-state index in [1.165, 1.54) is 0 Å². The number of rotatable bonds is 7. The van der Waals surface area contributed by atoms with Gasteiger partial charge >= 0.3 is 0 Å². The van der Waals surface area contributed by atoms with Crippen LogP contribution in [0.25, 0.3) is 0 Å². The molecule has 0 aliphatic carbocycles. The summed E-state index contributed by atoms with van der Waals surface area (Å²) in [6, 6.07) is 12.4. The van der Waals surface area contributed by atoms with Crippen LogP contribution in [0.2, 0.25) is 5.02 Å². The van der Waals surface area contributed by atoms with E-state index >= 15 is 0 Å². The van der Waals surface area contributed by atoms with Gasteiger partial charge in [0.15, 0.2) is 6.61 Å². The van der Waals surface area contributed by atoms with Crippen molar-refractivity contribution in [1.82, 2.24) is 5.32 Å². The molecule has 1 heterocycles. The second-order valence-corrected chi connectivity index (χ2v) is 6.24. The number of amides is 2. The Morgan fingerprint density at radius 2 is 1.85 bits per heavy atom. The Labute approximate surface area is 156 Å². The Hall–Kier alpha value is -2.73. The third kappa shape index (κ3) is 5.13. The van der Waals surface area contributed by atoms with Gasteiger partial charge in [0.2, 0.25) is 5.91 Å². The van der Waals surface area contributed by atoms with Gasteiger partial charge in [-0.1, -0.05) is 11.6 Å². The highest BCUT2D eigenvalue weighted by Crippen LogP contribution is 2.26. The van der Waals surface area contributed by atoms with Crippen LogP contribution in [-0.4, -0.2) is 31.6 Å². The standard InChI is InChI=1S/C19H19ClN2O4/c20-14-2-4-15(5-3-14)25-10-9-21-19(24)12-26-16-6-7-17-13(11-16)1-8-18(23)22-17/h2-7,11H,1,8-10,12H2,(H,21,24)(H,22,23). The summed E-state index contributed by atoms with van der Waals surface area (Å²) < 4.78 is 11.0. The third-order valence-corrected chi connectivity index (χ3v) is 4.10. The third-order valence-electron chi connectivity index (χ3n) is 3.85. The summed E-state index contributed by atoms with van der Waals surface area (Å²) in [5, 5.41) is 6.18. The highest BCUT2D eigenvalue weighted by atomic mass is 35.5. The van der Waals surface area contributed by atoms with Crippen molar-refractivity contribution < 1.29 is 19.1 Å². The first kappa shape index (κ1) is 18.1. The van der Waals surface area contributed by atoms with Crippen LogP contribution in [0, 0.1) is 0 Å². The van der Waals surface area contributed by atoms with Crippen LogP contribution in [0.15, 0.2) is 42.5 Å². The van der Waals surface area contributed by atoms with Gasteiger partial charge in [-0.2, -0.15) is 0 Å². The van der Waals surface area contributed by atoms with Gasteiger partial charge in [0.1, 0.15) is 18.1 Å². The molecule has 0 atom stereocenters. The first-order valence-corrected chi connectivity index (χ1v) is 8.68. The van der Waals surface area contributed by atoms with Gasteiger partial charge < -0.3 is 20.1 Å². The van der Waals surface area contributed by atoms with Gasteiger partial charge in [0.05, 0.1) is 6.54 Å². The molecule has 0 radical (unpaired) electrons. The molecule has 2 aromatic carbocycles. The lowest BCUT2D eigenvalue weighted by Crippen LogP contribution is -2.32. The van der Waals surface area contributed by atoms with Gasteiger partial charge in [-0.15, -0.1) is 0 Å². The van der Waals surface area contributed by atoms with Gasteiger partial charge in [0.25, 0.3) is 5.91 Å². The van der Waals surface area contributed by atoms with Crippen LogP contribution in [0.3, 0.4) is 0 Å². The van der Waals surface area contributed by atoms with E-state index in [1.54, 1.807) is 36.4 Å². The Morgan fingerprint density at radius 1 is 1.08 bits per heavy atom. The minimum atomic E-state index is -0.226. The zero-order valence-corrected chi connectivity index (χ0v) is 14.8. The van der Waals surface area contributed by atoms with E-state index in [4.69, 9.17) is 21.1 Å². The van der Waals surface area contributed by atoms with Gasteiger partial charge in [-0.05, 0) is 54.4 Å². The SMILES string of the molecule is O=C(COc1ccc2c(c1)CCC(=O)N2)NCCOc1ccc(Cl)cc1. The van der Waals surface area contributed by atoms with Crippen LogP contribution in [0.5, 0.6) is 11.5 Å². The molecule has 7 heteroatoms. The van der Waals surface area contributed by atoms with E-state index in [2.05, 4.69) is 10.6 Å². The van der Waals surface area contributed by atoms with Crippen LogP contribution in [-0.2, 0) is 16.0 Å². The number of hydrogen-bond donors (Lipinski definition) is 2. The predicted molar refractivity (Wildman–Crippen MR) is 98.8 cm³/mol. The fourth-order valence-corrected chi connectivity index (χ4v) is 2.67. The first-order chi connectivity index (χ1) is 12.6. The van der Waals surface area contributed by atoms with Crippen molar-refractivity contribution in [2.45, 2.75) is 12.8 Å². The fourth-order valence-electron chi connectivity index (χ4n) is 2.54. The summed E-state index contributed by atoms with van der Waals surface area (Å²) in [4.78, 5) is 23.2. The van der Waals surface area contributed by atoms with E-state index < -0.39 is 0 Å². The van der Waals surface area contributed by atoms with Crippen LogP contribution < -0.4 is 20.1 Å². The molecule has 0 unspecified atom stereocenters. The smallest absolute Gasteiger partial charge is 0.258 e. The molecule has 0 fully saturated rings. The molecule has 2 aromatic rings. The zero-order chi connectivity index (χ0) is 18.4. The van der Waals surface area contributed by atoms with Crippen molar-refractivity contribution in [2.75, 3.05) is 25.1 Å². The highest BCUT2D eigenvalue weighted by molar-refractivity contribution is 6.30. The van der Waals surface area contributed by atoms with Crippen molar-refractivity contribution in [1.29, 1.82) is 0 Å². The van der Waals surface area contributed by atoms with E-state index in [1.807, 2.05) is 6.07 Å². The molecule has 1 aliphatic heterocycles. The monoisotopic (exact) mass is 374 g/mol. The maximum absolute atomic E-state index is 11.8. The predicted octanol–water partition coefficient (Wildman–Crippen LogP) is 2.80. The largest absolute Gasteiger partial charge is 0.492 e. The normalized spacial score (nSPS) is 12.7. The molecular formula is C19H19ClN2O4. The minimum absolute atomic E-state index is 0.0198. The Kier molecular flexibility index (Phi) is 5.96. The Morgan fingerprint density at radius 3 is 2.65 bits per heavy atom. The molecule has 0 bridgehead atoms. The summed E-state index contributed by atoms with van der Waals surface area (Å²) in [6.45, 7) is 0.652. The lowest BCUT2D eigenvalue weighted by atomic mass is 10.0. The highest BCUT2D eigenvalue weighted by Gasteiger charge is 2.15. The van der Waals surface area contributed by atoms with E-state index in [0.717, 1.165) is 11.3 Å². The quantitative estimate of drug-likeness (QED) is 0.731. The average molecular weight is 375 g/mol. The van der Waals surface area contributed by atoms with E-state index in [-0.39, 0.29) is 18.4 Å². The molecular weight excluding hydrogens is 356 g/mol. The van der Waals surface area contributed by atoms with Crippen LogP contribution in [0.1, 0.15) is 12.0 Å². The molecule has 2 amide bonds. The maximum atomic E-state index is 11.8. The summed E-state index contributed by atoms with van der Waals surface area (Å²) in [5.74, 6) is 1.09. The second kappa shape index (κ2) is 8.58. The summed E-state index contributed by atoms with van der Waals surface area (Å²) in [7, 11) is 0. The zero-order valence-electron chi connectivity index (χ0n) is 14.1. The number of aryl methyl sites for hydroxylation is 1. The molecule has 0 saturated carbocycles. The number of fused-ring (bicyclic) bond motifs is 1. The average Bonchev–Trinajstić information content (AvgIpc) is 2.65. The second-order valence-electron chi connectivity index (χ2n) is 5.81. The van der Waals surface area contributed by atoms with Crippen LogP contribution >= 0.6 is 11.6 Å². The number of ether oxygens (including phenoxy) is 2. The number of carbonyl (C=O) groups is 2. The molecule has 3 rings (SSSR count). The summed E-state index contributed by atoms with van der Waals surface area (Å²) in [5.41, 5.74) is 1.82. The molecule has 26 heavy (non-hydrogen) atoms. The van der Waals surface area contributed by atoms with Crippen molar-refractivity contribution in [3.8, 4) is 11.5 Å².